The lowest BCUT2D eigenvalue weighted by Crippen LogP contribution is -2.38. The van der Waals surface area contributed by atoms with Crippen molar-refractivity contribution >= 4 is 11.6 Å². The van der Waals surface area contributed by atoms with E-state index in [-0.39, 0.29) is 24.1 Å². The van der Waals surface area contributed by atoms with E-state index in [0.29, 0.717) is 25.3 Å². The van der Waals surface area contributed by atoms with E-state index in [4.69, 9.17) is 4.74 Å². The molecule has 1 aliphatic rings. The molecule has 0 N–H and O–H groups in total. The Bertz CT molecular complexity index is 760. The summed E-state index contributed by atoms with van der Waals surface area (Å²) in [5, 5.41) is 11.2. The second-order valence-corrected chi connectivity index (χ2v) is 6.33. The molecule has 1 atom stereocenters. The number of ether oxygens (including phenoxy) is 1. The van der Waals surface area contributed by atoms with Gasteiger partial charge in [0.2, 0.25) is 5.91 Å². The van der Waals surface area contributed by atoms with E-state index >= 15 is 0 Å². The van der Waals surface area contributed by atoms with Gasteiger partial charge in [0.25, 0.3) is 5.69 Å². The third kappa shape index (κ3) is 4.64. The van der Waals surface area contributed by atoms with Crippen LogP contribution in [-0.4, -0.2) is 40.0 Å². The molecule has 2 aromatic rings. The van der Waals surface area contributed by atoms with Crippen LogP contribution in [0.2, 0.25) is 0 Å². The van der Waals surface area contributed by atoms with Crippen molar-refractivity contribution in [3.8, 4) is 0 Å². The number of benzene rings is 1. The Morgan fingerprint density at radius 3 is 2.85 bits per heavy atom. The average molecular weight is 355 g/mol. The van der Waals surface area contributed by atoms with E-state index in [0.717, 1.165) is 18.4 Å². The van der Waals surface area contributed by atoms with E-state index in [9.17, 15) is 14.9 Å². The van der Waals surface area contributed by atoms with Crippen LogP contribution in [0.15, 0.2) is 48.8 Å². The molecule has 7 heteroatoms. The Labute approximate surface area is 151 Å². The highest BCUT2D eigenvalue weighted by Crippen LogP contribution is 2.21. The highest BCUT2D eigenvalue weighted by molar-refractivity contribution is 5.80. The van der Waals surface area contributed by atoms with Gasteiger partial charge in [0.1, 0.15) is 0 Å². The zero-order valence-electron chi connectivity index (χ0n) is 14.4. The minimum atomic E-state index is -0.450. The SMILES string of the molecule is O=C(Cc1ccccc1[N+](=O)[O-])N(Cc1cccnc1)CC1CCCO1. The van der Waals surface area contributed by atoms with Crippen LogP contribution in [-0.2, 0) is 22.5 Å². The number of carbonyl (C=O) groups is 1. The van der Waals surface area contributed by atoms with Gasteiger partial charge >= 0.3 is 0 Å². The fourth-order valence-corrected chi connectivity index (χ4v) is 3.11. The maximum atomic E-state index is 12.9. The summed E-state index contributed by atoms with van der Waals surface area (Å²) in [5.41, 5.74) is 1.31. The molecule has 1 fully saturated rings. The summed E-state index contributed by atoms with van der Waals surface area (Å²) < 4.78 is 5.67. The molecular weight excluding hydrogens is 334 g/mol. The molecule has 0 spiro atoms. The molecule has 7 nitrogen and oxygen atoms in total. The summed E-state index contributed by atoms with van der Waals surface area (Å²) in [4.78, 5) is 29.5. The van der Waals surface area contributed by atoms with Gasteiger partial charge in [-0.05, 0) is 24.5 Å². The van der Waals surface area contributed by atoms with Gasteiger partial charge in [0.05, 0.1) is 17.4 Å². The second kappa shape index (κ2) is 8.53. The van der Waals surface area contributed by atoms with E-state index < -0.39 is 4.92 Å². The number of hydrogen-bond donors (Lipinski definition) is 0. The van der Waals surface area contributed by atoms with Crippen LogP contribution in [0.3, 0.4) is 0 Å². The number of aromatic nitrogens is 1. The fraction of sp³-hybridized carbons (Fsp3) is 0.368. The van der Waals surface area contributed by atoms with Crippen molar-refractivity contribution in [3.05, 3.63) is 70.0 Å². The second-order valence-electron chi connectivity index (χ2n) is 6.33. The molecular formula is C19H21N3O4. The molecule has 0 bridgehead atoms. The molecule has 26 heavy (non-hydrogen) atoms. The normalized spacial score (nSPS) is 16.4. The van der Waals surface area contributed by atoms with Gasteiger partial charge in [0, 0.05) is 43.7 Å². The van der Waals surface area contributed by atoms with Crippen molar-refractivity contribution in [1.82, 2.24) is 9.88 Å². The minimum absolute atomic E-state index is 0.00979. The molecule has 3 rings (SSSR count). The van der Waals surface area contributed by atoms with Crippen molar-refractivity contribution in [3.63, 3.8) is 0 Å². The van der Waals surface area contributed by atoms with E-state index in [2.05, 4.69) is 4.98 Å². The number of hydrogen-bond acceptors (Lipinski definition) is 5. The lowest BCUT2D eigenvalue weighted by atomic mass is 10.1. The largest absolute Gasteiger partial charge is 0.376 e. The first kappa shape index (κ1) is 18.0. The Morgan fingerprint density at radius 1 is 1.31 bits per heavy atom. The summed E-state index contributed by atoms with van der Waals surface area (Å²) in [6, 6.07) is 10.1. The number of nitrogens with zero attached hydrogens (tertiary/aromatic N) is 3. The van der Waals surface area contributed by atoms with Gasteiger partial charge in [-0.1, -0.05) is 24.3 Å². The third-order valence-corrected chi connectivity index (χ3v) is 4.43. The van der Waals surface area contributed by atoms with E-state index in [1.807, 2.05) is 12.1 Å². The lowest BCUT2D eigenvalue weighted by Gasteiger charge is -2.25. The first-order valence-corrected chi connectivity index (χ1v) is 8.64. The number of carbonyl (C=O) groups excluding carboxylic acids is 1. The van der Waals surface area contributed by atoms with Gasteiger partial charge in [-0.25, -0.2) is 0 Å². The summed E-state index contributed by atoms with van der Waals surface area (Å²) in [5.74, 6) is -0.154. The molecule has 1 amide bonds. The standard InChI is InChI=1S/C19H21N3O4/c23-19(11-16-6-1-2-8-18(16)22(24)25)21(14-17-7-4-10-26-17)13-15-5-3-9-20-12-15/h1-3,5-6,8-9,12,17H,4,7,10-11,13-14H2. The molecule has 0 saturated carbocycles. The maximum Gasteiger partial charge on any atom is 0.273 e. The van der Waals surface area contributed by atoms with Crippen LogP contribution in [0, 0.1) is 10.1 Å². The van der Waals surface area contributed by atoms with Gasteiger partial charge < -0.3 is 9.64 Å². The van der Waals surface area contributed by atoms with Crippen LogP contribution in [0.1, 0.15) is 24.0 Å². The summed E-state index contributed by atoms with van der Waals surface area (Å²) in [6.07, 6.45) is 5.32. The smallest absolute Gasteiger partial charge is 0.273 e. The van der Waals surface area contributed by atoms with Gasteiger partial charge in [-0.3, -0.25) is 19.9 Å². The van der Waals surface area contributed by atoms with E-state index in [1.54, 1.807) is 35.5 Å². The van der Waals surface area contributed by atoms with Crippen LogP contribution < -0.4 is 0 Å². The molecule has 1 aromatic heterocycles. The zero-order valence-corrected chi connectivity index (χ0v) is 14.4. The van der Waals surface area contributed by atoms with Crippen molar-refractivity contribution in [1.29, 1.82) is 0 Å². The van der Waals surface area contributed by atoms with E-state index in [1.165, 1.54) is 6.07 Å². The van der Waals surface area contributed by atoms with Crippen molar-refractivity contribution in [2.45, 2.75) is 31.9 Å². The third-order valence-electron chi connectivity index (χ3n) is 4.43. The van der Waals surface area contributed by atoms with Gasteiger partial charge in [-0.15, -0.1) is 0 Å². The molecule has 1 aliphatic heterocycles. The highest BCUT2D eigenvalue weighted by Gasteiger charge is 2.24. The highest BCUT2D eigenvalue weighted by atomic mass is 16.6. The first-order chi connectivity index (χ1) is 12.6. The summed E-state index contributed by atoms with van der Waals surface area (Å²) in [6.45, 7) is 1.60. The molecule has 1 aromatic carbocycles. The molecule has 0 radical (unpaired) electrons. The van der Waals surface area contributed by atoms with Crippen LogP contribution in [0.4, 0.5) is 5.69 Å². The predicted molar refractivity (Wildman–Crippen MR) is 95.4 cm³/mol. The Balaban J connectivity index is 1.76. The predicted octanol–water partition coefficient (Wildman–Crippen LogP) is 2.74. The Kier molecular flexibility index (Phi) is 5.91. The first-order valence-electron chi connectivity index (χ1n) is 8.64. The maximum absolute atomic E-state index is 12.9. The van der Waals surface area contributed by atoms with Gasteiger partial charge in [0.15, 0.2) is 0 Å². The van der Waals surface area contributed by atoms with Gasteiger partial charge in [-0.2, -0.15) is 0 Å². The number of nitro groups is 1. The average Bonchev–Trinajstić information content (AvgIpc) is 3.15. The zero-order chi connectivity index (χ0) is 18.4. The number of para-hydroxylation sites is 1. The molecule has 1 unspecified atom stereocenters. The number of pyridine rings is 1. The van der Waals surface area contributed by atoms with Crippen LogP contribution in [0.25, 0.3) is 0 Å². The lowest BCUT2D eigenvalue weighted by molar-refractivity contribution is -0.385. The molecule has 2 heterocycles. The molecule has 136 valence electrons. The van der Waals surface area contributed by atoms with Crippen molar-refractivity contribution in [2.24, 2.45) is 0 Å². The fourth-order valence-electron chi connectivity index (χ4n) is 3.11. The van der Waals surface area contributed by atoms with Crippen molar-refractivity contribution in [2.75, 3.05) is 13.2 Å². The van der Waals surface area contributed by atoms with Crippen LogP contribution in [0.5, 0.6) is 0 Å². The minimum Gasteiger partial charge on any atom is -0.376 e. The number of amides is 1. The molecule has 1 saturated heterocycles. The summed E-state index contributed by atoms with van der Waals surface area (Å²) in [7, 11) is 0. The van der Waals surface area contributed by atoms with Crippen LogP contribution >= 0.6 is 0 Å². The monoisotopic (exact) mass is 355 g/mol. The number of nitro benzene ring substituents is 1. The number of rotatable bonds is 7. The quantitative estimate of drug-likeness (QED) is 0.563. The van der Waals surface area contributed by atoms with Crippen molar-refractivity contribution < 1.29 is 14.5 Å². The summed E-state index contributed by atoms with van der Waals surface area (Å²) >= 11 is 0. The Morgan fingerprint density at radius 2 is 2.15 bits per heavy atom. The topological polar surface area (TPSA) is 85.6 Å². The Hall–Kier alpha value is -2.80. The molecule has 0 aliphatic carbocycles.